The molecule has 0 spiro atoms. The van der Waals surface area contributed by atoms with Crippen LogP contribution in [0.2, 0.25) is 0 Å². The Hall–Kier alpha value is -2.53. The van der Waals surface area contributed by atoms with E-state index in [1.165, 1.54) is 0 Å². The van der Waals surface area contributed by atoms with E-state index in [1.54, 1.807) is 18.2 Å². The van der Waals surface area contributed by atoms with Crippen molar-refractivity contribution in [3.8, 4) is 0 Å². The summed E-state index contributed by atoms with van der Waals surface area (Å²) in [5.74, 6) is 0. The summed E-state index contributed by atoms with van der Waals surface area (Å²) in [6.07, 6.45) is 0.693. The van der Waals surface area contributed by atoms with Gasteiger partial charge in [-0.1, -0.05) is 30.3 Å². The van der Waals surface area contributed by atoms with Gasteiger partial charge in [0.05, 0.1) is 12.6 Å². The van der Waals surface area contributed by atoms with Gasteiger partial charge in [-0.15, -0.1) is 0 Å². The summed E-state index contributed by atoms with van der Waals surface area (Å²) in [5.41, 5.74) is 8.88. The minimum atomic E-state index is -0.155. The second kappa shape index (κ2) is 5.85. The fourth-order valence-electron chi connectivity index (χ4n) is 2.24. The molecule has 0 aliphatic heterocycles. The molecule has 21 heavy (non-hydrogen) atoms. The molecule has 1 atom stereocenters. The highest BCUT2D eigenvalue weighted by Gasteiger charge is 2.12. The SMILES string of the molecule is Nc1ccc2oc(NC(CO)Cc3ccccc3)nc2c1. The number of benzene rings is 2. The molecule has 0 saturated carbocycles. The van der Waals surface area contributed by atoms with Gasteiger partial charge in [-0.05, 0) is 30.2 Å². The quantitative estimate of drug-likeness (QED) is 0.626. The molecule has 3 aromatic rings. The molecule has 0 aliphatic carbocycles. The van der Waals surface area contributed by atoms with Gasteiger partial charge >= 0.3 is 0 Å². The number of aliphatic hydroxyl groups is 1. The molecule has 1 heterocycles. The number of oxazole rings is 1. The minimum absolute atomic E-state index is 0.00421. The first-order valence-corrected chi connectivity index (χ1v) is 6.82. The van der Waals surface area contributed by atoms with Gasteiger partial charge in [0.1, 0.15) is 5.52 Å². The predicted octanol–water partition coefficient (Wildman–Crippen LogP) is 2.43. The lowest BCUT2D eigenvalue weighted by molar-refractivity contribution is 0.272. The monoisotopic (exact) mass is 283 g/mol. The van der Waals surface area contributed by atoms with E-state index in [0.29, 0.717) is 29.2 Å². The van der Waals surface area contributed by atoms with Crippen LogP contribution in [0, 0.1) is 0 Å². The highest BCUT2D eigenvalue weighted by Crippen LogP contribution is 2.21. The van der Waals surface area contributed by atoms with E-state index >= 15 is 0 Å². The van der Waals surface area contributed by atoms with Gasteiger partial charge in [-0.25, -0.2) is 0 Å². The maximum absolute atomic E-state index is 9.52. The predicted molar refractivity (Wildman–Crippen MR) is 83.1 cm³/mol. The van der Waals surface area contributed by atoms with Crippen molar-refractivity contribution < 1.29 is 9.52 Å². The average Bonchev–Trinajstić information content (AvgIpc) is 2.89. The molecule has 5 heteroatoms. The van der Waals surface area contributed by atoms with E-state index in [1.807, 2.05) is 30.3 Å². The van der Waals surface area contributed by atoms with Crippen LogP contribution < -0.4 is 11.1 Å². The van der Waals surface area contributed by atoms with Crippen molar-refractivity contribution in [2.75, 3.05) is 17.7 Å². The zero-order valence-corrected chi connectivity index (χ0v) is 11.5. The summed E-state index contributed by atoms with van der Waals surface area (Å²) in [7, 11) is 0. The summed E-state index contributed by atoms with van der Waals surface area (Å²) in [4.78, 5) is 4.33. The molecule has 4 N–H and O–H groups in total. The lowest BCUT2D eigenvalue weighted by Gasteiger charge is -2.14. The molecule has 0 radical (unpaired) electrons. The normalized spacial score (nSPS) is 12.4. The topological polar surface area (TPSA) is 84.3 Å². The Morgan fingerprint density at radius 2 is 2.00 bits per heavy atom. The van der Waals surface area contributed by atoms with E-state index in [2.05, 4.69) is 10.3 Å². The summed E-state index contributed by atoms with van der Waals surface area (Å²) in [5, 5.41) is 12.6. The van der Waals surface area contributed by atoms with Gasteiger partial charge < -0.3 is 20.6 Å². The first kappa shape index (κ1) is 13.5. The first-order valence-electron chi connectivity index (χ1n) is 6.82. The van der Waals surface area contributed by atoms with Gasteiger partial charge in [-0.2, -0.15) is 4.98 Å². The second-order valence-corrected chi connectivity index (χ2v) is 4.96. The molecule has 2 aromatic carbocycles. The van der Waals surface area contributed by atoms with Crippen LogP contribution in [0.15, 0.2) is 52.9 Å². The average molecular weight is 283 g/mol. The molecule has 5 nitrogen and oxygen atoms in total. The molecular formula is C16H17N3O2. The molecular weight excluding hydrogens is 266 g/mol. The van der Waals surface area contributed by atoms with Crippen LogP contribution in [0.25, 0.3) is 11.1 Å². The molecule has 1 aromatic heterocycles. The summed E-state index contributed by atoms with van der Waals surface area (Å²) < 4.78 is 5.60. The Morgan fingerprint density at radius 3 is 2.76 bits per heavy atom. The number of nitrogens with zero attached hydrogens (tertiary/aromatic N) is 1. The Bertz CT molecular complexity index is 725. The summed E-state index contributed by atoms with van der Waals surface area (Å²) in [6.45, 7) is -0.00421. The van der Waals surface area contributed by atoms with E-state index in [9.17, 15) is 5.11 Å². The molecule has 0 fully saturated rings. The van der Waals surface area contributed by atoms with E-state index < -0.39 is 0 Å². The largest absolute Gasteiger partial charge is 0.424 e. The molecule has 0 bridgehead atoms. The Kier molecular flexibility index (Phi) is 3.75. The lowest BCUT2D eigenvalue weighted by Crippen LogP contribution is -2.26. The minimum Gasteiger partial charge on any atom is -0.424 e. The Balaban J connectivity index is 1.76. The number of anilines is 2. The van der Waals surface area contributed by atoms with E-state index in [4.69, 9.17) is 10.2 Å². The Morgan fingerprint density at radius 1 is 1.19 bits per heavy atom. The van der Waals surface area contributed by atoms with Crippen LogP contribution in [0.1, 0.15) is 5.56 Å². The molecule has 1 unspecified atom stereocenters. The number of nitrogens with two attached hydrogens (primary N) is 1. The van der Waals surface area contributed by atoms with Crippen molar-refractivity contribution in [3.05, 3.63) is 54.1 Å². The van der Waals surface area contributed by atoms with Crippen molar-refractivity contribution in [3.63, 3.8) is 0 Å². The van der Waals surface area contributed by atoms with Gasteiger partial charge in [0, 0.05) is 5.69 Å². The van der Waals surface area contributed by atoms with Crippen LogP contribution in [-0.2, 0) is 6.42 Å². The zero-order valence-electron chi connectivity index (χ0n) is 11.5. The first-order chi connectivity index (χ1) is 10.2. The summed E-state index contributed by atoms with van der Waals surface area (Å²) >= 11 is 0. The van der Waals surface area contributed by atoms with Crippen LogP contribution in [0.3, 0.4) is 0 Å². The number of nitrogen functional groups attached to an aromatic ring is 1. The fraction of sp³-hybridized carbons (Fsp3) is 0.188. The van der Waals surface area contributed by atoms with E-state index in [-0.39, 0.29) is 12.6 Å². The molecule has 0 aliphatic rings. The smallest absolute Gasteiger partial charge is 0.295 e. The van der Waals surface area contributed by atoms with Crippen LogP contribution in [0.5, 0.6) is 0 Å². The van der Waals surface area contributed by atoms with Crippen molar-refractivity contribution in [2.24, 2.45) is 0 Å². The molecule has 0 saturated heterocycles. The van der Waals surface area contributed by atoms with Gasteiger partial charge in [0.2, 0.25) is 0 Å². The van der Waals surface area contributed by atoms with Crippen LogP contribution in [0.4, 0.5) is 11.7 Å². The Labute approximate surface area is 122 Å². The number of aromatic nitrogens is 1. The van der Waals surface area contributed by atoms with Crippen LogP contribution in [-0.4, -0.2) is 22.7 Å². The molecule has 3 rings (SSSR count). The van der Waals surface area contributed by atoms with Gasteiger partial charge in [0.15, 0.2) is 5.58 Å². The maximum atomic E-state index is 9.52. The number of hydrogen-bond acceptors (Lipinski definition) is 5. The van der Waals surface area contributed by atoms with Gasteiger partial charge in [-0.3, -0.25) is 0 Å². The number of rotatable bonds is 5. The number of aliphatic hydroxyl groups excluding tert-OH is 1. The van der Waals surface area contributed by atoms with Gasteiger partial charge in [0.25, 0.3) is 6.01 Å². The van der Waals surface area contributed by atoms with E-state index in [0.717, 1.165) is 5.56 Å². The standard InChI is InChI=1S/C16H17N3O2/c17-12-6-7-15-14(9-12)19-16(21-15)18-13(10-20)8-11-4-2-1-3-5-11/h1-7,9,13,20H,8,10,17H2,(H,18,19). The van der Waals surface area contributed by atoms with Crippen molar-refractivity contribution >= 4 is 22.8 Å². The molecule has 108 valence electrons. The van der Waals surface area contributed by atoms with Crippen molar-refractivity contribution in [1.29, 1.82) is 0 Å². The number of hydrogen-bond donors (Lipinski definition) is 3. The van der Waals surface area contributed by atoms with Crippen LogP contribution >= 0.6 is 0 Å². The highest BCUT2D eigenvalue weighted by molar-refractivity contribution is 5.78. The fourth-order valence-corrected chi connectivity index (χ4v) is 2.24. The summed E-state index contributed by atoms with van der Waals surface area (Å²) in [6, 6.07) is 15.5. The lowest BCUT2D eigenvalue weighted by atomic mass is 10.1. The number of nitrogens with one attached hydrogen (secondary N) is 1. The maximum Gasteiger partial charge on any atom is 0.295 e. The zero-order chi connectivity index (χ0) is 14.7. The van der Waals surface area contributed by atoms with Crippen molar-refractivity contribution in [2.45, 2.75) is 12.5 Å². The third-order valence-electron chi connectivity index (χ3n) is 3.28. The highest BCUT2D eigenvalue weighted by atomic mass is 16.4. The third-order valence-corrected chi connectivity index (χ3v) is 3.28. The number of fused-ring (bicyclic) bond motifs is 1. The van der Waals surface area contributed by atoms with Crippen molar-refractivity contribution in [1.82, 2.24) is 4.98 Å². The third kappa shape index (κ3) is 3.14. The molecule has 0 amide bonds. The second-order valence-electron chi connectivity index (χ2n) is 4.96.